The Balaban J connectivity index is 1.97. The van der Waals surface area contributed by atoms with Gasteiger partial charge in [0.15, 0.2) is 0 Å². The van der Waals surface area contributed by atoms with Gasteiger partial charge in [-0.1, -0.05) is 0 Å². The van der Waals surface area contributed by atoms with Crippen LogP contribution in [0.5, 0.6) is 0 Å². The molecule has 2 atom stereocenters. The highest BCUT2D eigenvalue weighted by atomic mass is 16.5. The smallest absolute Gasteiger partial charge is 0.0838 e. The van der Waals surface area contributed by atoms with Crippen LogP contribution in [-0.2, 0) is 9.47 Å². The number of fused-ring (bicyclic) bond motifs is 1. The highest BCUT2D eigenvalue weighted by Crippen LogP contribution is 2.27. The minimum absolute atomic E-state index is 0.443. The van der Waals surface area contributed by atoms with E-state index < -0.39 is 0 Å². The largest absolute Gasteiger partial charge is 0.379 e. The lowest BCUT2D eigenvalue weighted by Crippen LogP contribution is -2.28. The van der Waals surface area contributed by atoms with Crippen molar-refractivity contribution in [2.24, 2.45) is 5.92 Å². The molecule has 2 saturated heterocycles. The second-order valence-corrected chi connectivity index (χ2v) is 2.82. The second kappa shape index (κ2) is 2.27. The van der Waals surface area contributed by atoms with Crippen LogP contribution in [0.4, 0.5) is 0 Å². The molecular weight excluding hydrogens is 116 g/mol. The molecule has 0 aromatic heterocycles. The van der Waals surface area contributed by atoms with Gasteiger partial charge in [-0.3, -0.25) is 0 Å². The maximum Gasteiger partial charge on any atom is 0.0838 e. The molecule has 0 aliphatic carbocycles. The summed E-state index contributed by atoms with van der Waals surface area (Å²) in [5.74, 6) is 0.818. The van der Waals surface area contributed by atoms with Crippen LogP contribution in [0.25, 0.3) is 0 Å². The first-order valence-corrected chi connectivity index (χ1v) is 3.66. The molecule has 2 nitrogen and oxygen atoms in total. The molecule has 0 radical (unpaired) electrons. The van der Waals surface area contributed by atoms with Gasteiger partial charge in [-0.25, -0.2) is 0 Å². The first kappa shape index (κ1) is 5.69. The van der Waals surface area contributed by atoms with Gasteiger partial charge in [-0.05, 0) is 18.8 Å². The molecule has 0 aromatic rings. The molecule has 0 saturated carbocycles. The molecule has 2 fully saturated rings. The molecule has 2 heterocycles. The predicted octanol–water partition coefficient (Wildman–Crippen LogP) is 0.812. The standard InChI is InChI=1S/C7H12O2/c1-3-8-5-7-6(1)2-4-9-7/h6-7H,1-5H2/t6-,7-/m1/s1. The van der Waals surface area contributed by atoms with Gasteiger partial charge in [-0.2, -0.15) is 0 Å². The maximum atomic E-state index is 5.43. The molecule has 2 rings (SSSR count). The number of rotatable bonds is 0. The lowest BCUT2D eigenvalue weighted by Gasteiger charge is -2.23. The van der Waals surface area contributed by atoms with Crippen LogP contribution in [-0.4, -0.2) is 25.9 Å². The Morgan fingerprint density at radius 3 is 2.89 bits per heavy atom. The van der Waals surface area contributed by atoms with Crippen molar-refractivity contribution < 1.29 is 9.47 Å². The van der Waals surface area contributed by atoms with Crippen molar-refractivity contribution in [3.63, 3.8) is 0 Å². The number of hydrogen-bond donors (Lipinski definition) is 0. The van der Waals surface area contributed by atoms with E-state index in [2.05, 4.69) is 0 Å². The van der Waals surface area contributed by atoms with Gasteiger partial charge in [0, 0.05) is 13.2 Å². The summed E-state index contributed by atoms with van der Waals surface area (Å²) < 4.78 is 10.7. The summed E-state index contributed by atoms with van der Waals surface area (Å²) in [6.45, 7) is 2.74. The third kappa shape index (κ3) is 0.970. The average molecular weight is 128 g/mol. The van der Waals surface area contributed by atoms with Crippen LogP contribution in [0, 0.1) is 5.92 Å². The van der Waals surface area contributed by atoms with Gasteiger partial charge in [0.25, 0.3) is 0 Å². The van der Waals surface area contributed by atoms with Crippen molar-refractivity contribution in [2.75, 3.05) is 19.8 Å². The second-order valence-electron chi connectivity index (χ2n) is 2.82. The van der Waals surface area contributed by atoms with Crippen molar-refractivity contribution in [3.05, 3.63) is 0 Å². The Labute approximate surface area is 55.1 Å². The van der Waals surface area contributed by atoms with Gasteiger partial charge in [0.1, 0.15) is 0 Å². The van der Waals surface area contributed by atoms with E-state index in [0.717, 1.165) is 25.7 Å². The highest BCUT2D eigenvalue weighted by molar-refractivity contribution is 4.78. The van der Waals surface area contributed by atoms with E-state index >= 15 is 0 Å². The number of ether oxygens (including phenoxy) is 2. The molecule has 0 N–H and O–H groups in total. The zero-order chi connectivity index (χ0) is 6.10. The summed E-state index contributed by atoms with van der Waals surface area (Å²) in [6.07, 6.45) is 2.91. The van der Waals surface area contributed by atoms with Crippen molar-refractivity contribution >= 4 is 0 Å². The minimum atomic E-state index is 0.443. The van der Waals surface area contributed by atoms with Crippen LogP contribution in [0.15, 0.2) is 0 Å². The first-order valence-electron chi connectivity index (χ1n) is 3.66. The van der Waals surface area contributed by atoms with Crippen molar-refractivity contribution in [1.29, 1.82) is 0 Å². The van der Waals surface area contributed by atoms with Crippen LogP contribution in [0.1, 0.15) is 12.8 Å². The molecule has 0 aromatic carbocycles. The minimum Gasteiger partial charge on any atom is -0.379 e. The molecule has 0 spiro atoms. The van der Waals surface area contributed by atoms with Crippen molar-refractivity contribution in [1.82, 2.24) is 0 Å². The van der Waals surface area contributed by atoms with Crippen molar-refractivity contribution in [3.8, 4) is 0 Å². The average Bonchev–Trinajstić information content (AvgIpc) is 2.33. The molecule has 0 amide bonds. The molecule has 0 unspecified atom stereocenters. The first-order chi connectivity index (χ1) is 4.47. The van der Waals surface area contributed by atoms with E-state index in [1.165, 1.54) is 12.8 Å². The molecule has 2 aliphatic rings. The lowest BCUT2D eigenvalue weighted by atomic mass is 9.97. The van der Waals surface area contributed by atoms with Crippen LogP contribution >= 0.6 is 0 Å². The highest BCUT2D eigenvalue weighted by Gasteiger charge is 2.30. The molecular formula is C7H12O2. The van der Waals surface area contributed by atoms with Crippen LogP contribution < -0.4 is 0 Å². The Hall–Kier alpha value is -0.0800. The Kier molecular flexibility index (Phi) is 1.44. The molecule has 2 heteroatoms. The predicted molar refractivity (Wildman–Crippen MR) is 33.3 cm³/mol. The molecule has 0 bridgehead atoms. The van der Waals surface area contributed by atoms with Gasteiger partial charge < -0.3 is 9.47 Å². The quantitative estimate of drug-likeness (QED) is 0.480. The summed E-state index contributed by atoms with van der Waals surface area (Å²) >= 11 is 0. The summed E-state index contributed by atoms with van der Waals surface area (Å²) in [5, 5.41) is 0. The van der Waals surface area contributed by atoms with Crippen molar-refractivity contribution in [2.45, 2.75) is 18.9 Å². The SMILES string of the molecule is C1C[C@@H]2CCO[C@@H]2CO1. The Bertz CT molecular complexity index is 91.1. The molecule has 2 aliphatic heterocycles. The van der Waals surface area contributed by atoms with Crippen LogP contribution in [0.3, 0.4) is 0 Å². The van der Waals surface area contributed by atoms with E-state index in [9.17, 15) is 0 Å². The fraction of sp³-hybridized carbons (Fsp3) is 1.00. The van der Waals surface area contributed by atoms with E-state index in [1.807, 2.05) is 0 Å². The zero-order valence-electron chi connectivity index (χ0n) is 5.51. The third-order valence-corrected chi connectivity index (χ3v) is 2.26. The summed E-state index contributed by atoms with van der Waals surface area (Å²) in [6, 6.07) is 0. The van der Waals surface area contributed by atoms with Gasteiger partial charge >= 0.3 is 0 Å². The van der Waals surface area contributed by atoms with E-state index in [-0.39, 0.29) is 0 Å². The van der Waals surface area contributed by atoms with E-state index in [1.54, 1.807) is 0 Å². The lowest BCUT2D eigenvalue weighted by molar-refractivity contribution is -0.0348. The molecule has 9 heavy (non-hydrogen) atoms. The fourth-order valence-electron chi connectivity index (χ4n) is 1.64. The summed E-state index contributed by atoms with van der Waals surface area (Å²) in [5.41, 5.74) is 0. The topological polar surface area (TPSA) is 18.5 Å². The van der Waals surface area contributed by atoms with Gasteiger partial charge in [0.2, 0.25) is 0 Å². The Morgan fingerprint density at radius 1 is 1.11 bits per heavy atom. The summed E-state index contributed by atoms with van der Waals surface area (Å²) in [4.78, 5) is 0. The summed E-state index contributed by atoms with van der Waals surface area (Å²) in [7, 11) is 0. The normalized spacial score (nSPS) is 42.7. The van der Waals surface area contributed by atoms with Crippen LogP contribution in [0.2, 0.25) is 0 Å². The third-order valence-electron chi connectivity index (χ3n) is 2.26. The Morgan fingerprint density at radius 2 is 2.00 bits per heavy atom. The molecule has 52 valence electrons. The van der Waals surface area contributed by atoms with E-state index in [0.29, 0.717) is 6.10 Å². The van der Waals surface area contributed by atoms with Gasteiger partial charge in [0.05, 0.1) is 12.7 Å². The monoisotopic (exact) mass is 128 g/mol. The maximum absolute atomic E-state index is 5.43. The zero-order valence-corrected chi connectivity index (χ0v) is 5.51. The van der Waals surface area contributed by atoms with E-state index in [4.69, 9.17) is 9.47 Å². The number of hydrogen-bond acceptors (Lipinski definition) is 2. The fourth-order valence-corrected chi connectivity index (χ4v) is 1.64. The van der Waals surface area contributed by atoms with Gasteiger partial charge in [-0.15, -0.1) is 0 Å².